The van der Waals surface area contributed by atoms with Crippen LogP contribution in [0, 0.1) is 5.92 Å². The minimum atomic E-state index is -0.101. The van der Waals surface area contributed by atoms with Crippen molar-refractivity contribution in [3.8, 4) is 11.5 Å². The van der Waals surface area contributed by atoms with E-state index in [1.807, 2.05) is 0 Å². The minimum absolute atomic E-state index is 0.0346. The lowest BCUT2D eigenvalue weighted by atomic mass is 9.78. The van der Waals surface area contributed by atoms with E-state index in [9.17, 15) is 9.59 Å². The van der Waals surface area contributed by atoms with Crippen LogP contribution in [0.2, 0.25) is 0 Å². The first kappa shape index (κ1) is 17.3. The molecule has 6 heteroatoms. The number of anilines is 1. The number of fused-ring (bicyclic) bond motifs is 2. The van der Waals surface area contributed by atoms with Crippen LogP contribution < -0.4 is 19.7 Å². The van der Waals surface area contributed by atoms with E-state index in [1.165, 1.54) is 50.3 Å². The Morgan fingerprint density at radius 3 is 2.65 bits per heavy atom. The Labute approximate surface area is 153 Å². The number of rotatable bonds is 4. The number of nitrogens with one attached hydrogen (secondary N) is 2. The van der Waals surface area contributed by atoms with Gasteiger partial charge in [-0.05, 0) is 45.1 Å². The second kappa shape index (κ2) is 7.27. The van der Waals surface area contributed by atoms with Gasteiger partial charge < -0.3 is 19.7 Å². The highest BCUT2D eigenvalue weighted by molar-refractivity contribution is 6.04. The van der Waals surface area contributed by atoms with Gasteiger partial charge in [0.25, 0.3) is 5.91 Å². The van der Waals surface area contributed by atoms with Gasteiger partial charge in [-0.15, -0.1) is 0 Å². The molecular weight excluding hydrogens is 332 g/mol. The molecule has 2 heterocycles. The Morgan fingerprint density at radius 2 is 1.85 bits per heavy atom. The first-order valence-corrected chi connectivity index (χ1v) is 9.71. The van der Waals surface area contributed by atoms with Crippen molar-refractivity contribution in [1.82, 2.24) is 0 Å². The van der Waals surface area contributed by atoms with Crippen LogP contribution >= 0.6 is 0 Å². The van der Waals surface area contributed by atoms with E-state index >= 15 is 0 Å². The quantitative estimate of drug-likeness (QED) is 0.805. The van der Waals surface area contributed by atoms with Crippen LogP contribution in [0.25, 0.3) is 0 Å². The average molecular weight is 359 g/mol. The fourth-order valence-electron chi connectivity index (χ4n) is 4.82. The lowest BCUT2D eigenvalue weighted by molar-refractivity contribution is -0.928. The zero-order valence-electron chi connectivity index (χ0n) is 15.3. The number of ether oxygens (including phenoxy) is 2. The largest absolute Gasteiger partial charge is 0.454 e. The standard InChI is InChI=1S/C20H26N2O4/c1-13(23)15-9-18-19(26-12-25-18)10-16(15)21-20(24)11-22-8-4-6-14-5-2-3-7-17(14)22/h9-10,14,17H,2-8,11-12H2,1H3,(H,21,24)/p+1/t14-,17+/m1/s1. The summed E-state index contributed by atoms with van der Waals surface area (Å²) in [5, 5.41) is 2.95. The highest BCUT2D eigenvalue weighted by Crippen LogP contribution is 2.37. The molecule has 140 valence electrons. The van der Waals surface area contributed by atoms with Crippen molar-refractivity contribution in [3.05, 3.63) is 17.7 Å². The maximum absolute atomic E-state index is 12.7. The van der Waals surface area contributed by atoms with Crippen molar-refractivity contribution in [1.29, 1.82) is 0 Å². The minimum Gasteiger partial charge on any atom is -0.454 e. The van der Waals surface area contributed by atoms with Gasteiger partial charge in [0.05, 0.1) is 18.3 Å². The number of hydrogen-bond donors (Lipinski definition) is 2. The van der Waals surface area contributed by atoms with Gasteiger partial charge in [-0.3, -0.25) is 9.59 Å². The lowest BCUT2D eigenvalue weighted by Crippen LogP contribution is -3.18. The zero-order chi connectivity index (χ0) is 18.1. The van der Waals surface area contributed by atoms with E-state index in [0.29, 0.717) is 35.3 Å². The number of amides is 1. The predicted molar refractivity (Wildman–Crippen MR) is 96.9 cm³/mol. The summed E-state index contributed by atoms with van der Waals surface area (Å²) in [6.07, 6.45) is 7.67. The van der Waals surface area contributed by atoms with E-state index in [0.717, 1.165) is 12.5 Å². The zero-order valence-corrected chi connectivity index (χ0v) is 15.3. The highest BCUT2D eigenvalue weighted by Gasteiger charge is 2.37. The fraction of sp³-hybridized carbons (Fsp3) is 0.600. The summed E-state index contributed by atoms with van der Waals surface area (Å²) >= 11 is 0. The molecule has 0 radical (unpaired) electrons. The molecule has 3 aliphatic rings. The van der Waals surface area contributed by atoms with Crippen LogP contribution in [0.4, 0.5) is 5.69 Å². The monoisotopic (exact) mass is 359 g/mol. The SMILES string of the molecule is CC(=O)c1cc2c(cc1NC(=O)C[NH+]1CCC[C@H]3CCCC[C@@H]31)OCO2. The van der Waals surface area contributed by atoms with Crippen molar-refractivity contribution in [3.63, 3.8) is 0 Å². The third kappa shape index (κ3) is 3.43. The van der Waals surface area contributed by atoms with Crippen molar-refractivity contribution in [2.24, 2.45) is 5.92 Å². The van der Waals surface area contributed by atoms with E-state index in [2.05, 4.69) is 5.32 Å². The van der Waals surface area contributed by atoms with Gasteiger partial charge in [0, 0.05) is 17.5 Å². The molecule has 3 atom stereocenters. The second-order valence-corrected chi connectivity index (χ2v) is 7.73. The third-order valence-electron chi connectivity index (χ3n) is 6.06. The van der Waals surface area contributed by atoms with Crippen LogP contribution in [0.1, 0.15) is 55.8 Å². The fourth-order valence-corrected chi connectivity index (χ4v) is 4.82. The number of ketones is 1. The molecule has 6 nitrogen and oxygen atoms in total. The molecule has 1 aliphatic carbocycles. The molecule has 1 amide bonds. The second-order valence-electron chi connectivity index (χ2n) is 7.73. The van der Waals surface area contributed by atoms with Crippen LogP contribution in [-0.4, -0.2) is 37.6 Å². The molecule has 4 rings (SSSR count). The van der Waals surface area contributed by atoms with Crippen molar-refractivity contribution in [2.45, 2.75) is 51.5 Å². The van der Waals surface area contributed by atoms with E-state index in [-0.39, 0.29) is 18.5 Å². The Balaban J connectivity index is 1.47. The lowest BCUT2D eigenvalue weighted by Gasteiger charge is -2.40. The molecule has 1 unspecified atom stereocenters. The number of piperidine rings is 1. The van der Waals surface area contributed by atoms with Gasteiger partial charge in [0.2, 0.25) is 6.79 Å². The Kier molecular flexibility index (Phi) is 4.85. The molecule has 2 N–H and O–H groups in total. The van der Waals surface area contributed by atoms with E-state index in [1.54, 1.807) is 12.1 Å². The number of quaternary nitrogens is 1. The Morgan fingerprint density at radius 1 is 1.12 bits per heavy atom. The Hall–Kier alpha value is -2.08. The van der Waals surface area contributed by atoms with E-state index in [4.69, 9.17) is 9.47 Å². The van der Waals surface area contributed by atoms with Crippen molar-refractivity contribution in [2.75, 3.05) is 25.2 Å². The number of benzene rings is 1. The topological polar surface area (TPSA) is 69.1 Å². The third-order valence-corrected chi connectivity index (χ3v) is 6.06. The molecule has 1 saturated heterocycles. The first-order valence-electron chi connectivity index (χ1n) is 9.71. The van der Waals surface area contributed by atoms with Gasteiger partial charge in [-0.2, -0.15) is 0 Å². The highest BCUT2D eigenvalue weighted by atomic mass is 16.7. The summed E-state index contributed by atoms with van der Waals surface area (Å²) in [7, 11) is 0. The van der Waals surface area contributed by atoms with Crippen LogP contribution in [0.5, 0.6) is 11.5 Å². The summed E-state index contributed by atoms with van der Waals surface area (Å²) in [5.74, 6) is 1.77. The maximum Gasteiger partial charge on any atom is 0.279 e. The summed E-state index contributed by atoms with van der Waals surface area (Å²) < 4.78 is 10.7. The van der Waals surface area contributed by atoms with Crippen LogP contribution in [0.15, 0.2) is 12.1 Å². The number of Topliss-reactive ketones (excluding diaryl/α,β-unsaturated/α-hetero) is 1. The van der Waals surface area contributed by atoms with Crippen LogP contribution in [-0.2, 0) is 4.79 Å². The van der Waals surface area contributed by atoms with E-state index < -0.39 is 0 Å². The molecule has 1 aromatic carbocycles. The molecule has 26 heavy (non-hydrogen) atoms. The summed E-state index contributed by atoms with van der Waals surface area (Å²) in [6, 6.07) is 3.98. The molecule has 1 aromatic rings. The number of carbonyl (C=O) groups is 2. The van der Waals surface area contributed by atoms with Crippen molar-refractivity contribution >= 4 is 17.4 Å². The van der Waals surface area contributed by atoms with Gasteiger partial charge in [-0.1, -0.05) is 6.42 Å². The molecule has 0 spiro atoms. The molecule has 0 bridgehead atoms. The summed E-state index contributed by atoms with van der Waals surface area (Å²) in [4.78, 5) is 26.1. The van der Waals surface area contributed by atoms with Crippen molar-refractivity contribution < 1.29 is 24.0 Å². The smallest absolute Gasteiger partial charge is 0.279 e. The van der Waals surface area contributed by atoms with Gasteiger partial charge in [0.15, 0.2) is 23.8 Å². The van der Waals surface area contributed by atoms with Crippen LogP contribution in [0.3, 0.4) is 0 Å². The predicted octanol–water partition coefficient (Wildman–Crippen LogP) is 1.79. The van der Waals surface area contributed by atoms with Gasteiger partial charge in [-0.25, -0.2) is 0 Å². The summed E-state index contributed by atoms with van der Waals surface area (Å²) in [5.41, 5.74) is 0.982. The number of carbonyl (C=O) groups excluding carboxylic acids is 2. The summed E-state index contributed by atoms with van der Waals surface area (Å²) in [6.45, 7) is 3.17. The Bertz CT molecular complexity index is 716. The molecule has 0 aromatic heterocycles. The number of hydrogen-bond acceptors (Lipinski definition) is 4. The normalized spacial score (nSPS) is 26.9. The molecular formula is C20H27N2O4+. The van der Waals surface area contributed by atoms with Gasteiger partial charge >= 0.3 is 0 Å². The molecule has 2 fully saturated rings. The molecule has 1 saturated carbocycles. The van der Waals surface area contributed by atoms with Gasteiger partial charge in [0.1, 0.15) is 0 Å². The molecule has 2 aliphatic heterocycles. The number of likely N-dealkylation sites (tertiary alicyclic amines) is 1. The maximum atomic E-state index is 12.7. The average Bonchev–Trinajstić information content (AvgIpc) is 3.08. The first-order chi connectivity index (χ1) is 12.6.